The number of benzene rings is 1. The number of anilines is 1. The van der Waals surface area contributed by atoms with Gasteiger partial charge in [0.2, 0.25) is 0 Å². The minimum Gasteiger partial charge on any atom is -0.404 e. The van der Waals surface area contributed by atoms with Crippen LogP contribution in [0, 0.1) is 0 Å². The van der Waals surface area contributed by atoms with Gasteiger partial charge in [0.15, 0.2) is 5.75 Å². The van der Waals surface area contributed by atoms with Gasteiger partial charge in [-0.25, -0.2) is 8.42 Å². The second-order valence-electron chi connectivity index (χ2n) is 2.81. The number of alkyl halides is 3. The molecule has 0 saturated carbocycles. The quantitative estimate of drug-likeness (QED) is 0.655. The number of rotatable bonds is 2. The highest BCUT2D eigenvalue weighted by atomic mass is 79.9. The van der Waals surface area contributed by atoms with Crippen molar-refractivity contribution >= 4 is 41.4 Å². The molecule has 0 aliphatic rings. The highest BCUT2D eigenvalue weighted by Crippen LogP contribution is 2.36. The minimum atomic E-state index is -5.05. The molecule has 1 rings (SSSR count). The van der Waals surface area contributed by atoms with Crippen molar-refractivity contribution < 1.29 is 26.3 Å². The topological polar surface area (TPSA) is 69.4 Å². The Balaban J connectivity index is 3.42. The van der Waals surface area contributed by atoms with Gasteiger partial charge in [0, 0.05) is 26.9 Å². The Morgan fingerprint density at radius 1 is 1.35 bits per heavy atom. The third-order valence-corrected chi connectivity index (χ3v) is 3.58. The number of nitrogens with two attached hydrogens (primary N) is 1. The fraction of sp³-hybridized carbons (Fsp3) is 0.143. The molecule has 0 aliphatic heterocycles. The molecular formula is C7H4BrClF3NO3S. The Labute approximate surface area is 107 Å². The van der Waals surface area contributed by atoms with Crippen LogP contribution in [-0.4, -0.2) is 14.8 Å². The summed E-state index contributed by atoms with van der Waals surface area (Å²) in [4.78, 5) is -0.822. The van der Waals surface area contributed by atoms with Crippen molar-refractivity contribution in [1.82, 2.24) is 0 Å². The van der Waals surface area contributed by atoms with Gasteiger partial charge in [0.05, 0.1) is 0 Å². The first-order valence-corrected chi connectivity index (χ1v) is 6.90. The smallest absolute Gasteiger partial charge is 0.404 e. The van der Waals surface area contributed by atoms with Crippen LogP contribution in [0.2, 0.25) is 0 Å². The Morgan fingerprint density at radius 2 is 1.88 bits per heavy atom. The molecule has 0 unspecified atom stereocenters. The Hall–Kier alpha value is -0.670. The summed E-state index contributed by atoms with van der Waals surface area (Å²) in [6.45, 7) is 0. The van der Waals surface area contributed by atoms with E-state index in [1.165, 1.54) is 0 Å². The third kappa shape index (κ3) is 3.93. The molecular weight excluding hydrogens is 350 g/mol. The van der Waals surface area contributed by atoms with Crippen LogP contribution in [0.15, 0.2) is 21.5 Å². The van der Waals surface area contributed by atoms with Gasteiger partial charge in [-0.1, -0.05) is 0 Å². The van der Waals surface area contributed by atoms with E-state index >= 15 is 0 Å². The molecule has 0 saturated heterocycles. The van der Waals surface area contributed by atoms with E-state index in [0.717, 1.165) is 6.07 Å². The fourth-order valence-electron chi connectivity index (χ4n) is 0.946. The SMILES string of the molecule is Nc1cc(OC(F)(F)F)c(S(=O)(=O)Cl)cc1Br. The van der Waals surface area contributed by atoms with Gasteiger partial charge in [-0.15, -0.1) is 13.2 Å². The zero-order valence-corrected chi connectivity index (χ0v) is 10.9. The molecule has 10 heteroatoms. The summed E-state index contributed by atoms with van der Waals surface area (Å²) in [5.41, 5.74) is 5.20. The van der Waals surface area contributed by atoms with Gasteiger partial charge in [0.1, 0.15) is 4.90 Å². The normalized spacial score (nSPS) is 12.5. The predicted octanol–water partition coefficient (Wildman–Crippen LogP) is 2.86. The maximum Gasteiger partial charge on any atom is 0.573 e. The number of halogens is 5. The average molecular weight is 355 g/mol. The molecule has 17 heavy (non-hydrogen) atoms. The number of nitrogen functional groups attached to an aromatic ring is 1. The van der Waals surface area contributed by atoms with Gasteiger partial charge in [-0.3, -0.25) is 0 Å². The van der Waals surface area contributed by atoms with Gasteiger partial charge in [-0.05, 0) is 22.0 Å². The molecule has 1 aromatic carbocycles. The standard InChI is InChI=1S/C7H4BrClF3NO3S/c8-3-1-6(17(9,14)15)5(2-4(3)13)16-7(10,11)12/h1-2H,13H2. The summed E-state index contributed by atoms with van der Waals surface area (Å²) in [6, 6.07) is 1.55. The first kappa shape index (κ1) is 14.4. The number of hydrogen-bond acceptors (Lipinski definition) is 4. The summed E-state index contributed by atoms with van der Waals surface area (Å²) >= 11 is 2.87. The number of hydrogen-bond donors (Lipinski definition) is 1. The monoisotopic (exact) mass is 353 g/mol. The molecule has 0 aromatic heterocycles. The van der Waals surface area contributed by atoms with Crippen LogP contribution in [0.1, 0.15) is 0 Å². The third-order valence-electron chi connectivity index (χ3n) is 1.55. The lowest BCUT2D eigenvalue weighted by molar-refractivity contribution is -0.275. The highest BCUT2D eigenvalue weighted by molar-refractivity contribution is 9.10. The van der Waals surface area contributed by atoms with E-state index in [-0.39, 0.29) is 10.2 Å². The van der Waals surface area contributed by atoms with E-state index in [9.17, 15) is 21.6 Å². The molecule has 0 radical (unpaired) electrons. The van der Waals surface area contributed by atoms with Crippen molar-refractivity contribution in [3.8, 4) is 5.75 Å². The summed E-state index contributed by atoms with van der Waals surface area (Å²) in [6.07, 6.45) is -5.05. The lowest BCUT2D eigenvalue weighted by atomic mass is 10.3. The van der Waals surface area contributed by atoms with E-state index in [4.69, 9.17) is 16.4 Å². The zero-order valence-electron chi connectivity index (χ0n) is 7.75. The van der Waals surface area contributed by atoms with Crippen molar-refractivity contribution in [2.45, 2.75) is 11.3 Å². The fourth-order valence-corrected chi connectivity index (χ4v) is 2.40. The Bertz CT molecular complexity index is 546. The van der Waals surface area contributed by atoms with Crippen LogP contribution in [0.25, 0.3) is 0 Å². The molecule has 0 atom stereocenters. The Kier molecular flexibility index (Phi) is 3.84. The molecule has 0 bridgehead atoms. The van der Waals surface area contributed by atoms with E-state index < -0.39 is 26.1 Å². The zero-order chi connectivity index (χ0) is 13.4. The lowest BCUT2D eigenvalue weighted by Crippen LogP contribution is -2.18. The minimum absolute atomic E-state index is 0.0891. The first-order valence-electron chi connectivity index (χ1n) is 3.80. The molecule has 0 spiro atoms. The molecule has 0 heterocycles. The van der Waals surface area contributed by atoms with E-state index in [1.54, 1.807) is 0 Å². The number of ether oxygens (including phenoxy) is 1. The highest BCUT2D eigenvalue weighted by Gasteiger charge is 2.34. The molecule has 0 amide bonds. The van der Waals surface area contributed by atoms with Crippen LogP contribution in [0.4, 0.5) is 18.9 Å². The van der Waals surface area contributed by atoms with Gasteiger partial charge < -0.3 is 10.5 Å². The maximum absolute atomic E-state index is 12.0. The van der Waals surface area contributed by atoms with Crippen LogP contribution in [0.5, 0.6) is 5.75 Å². The van der Waals surface area contributed by atoms with Gasteiger partial charge >= 0.3 is 6.36 Å². The molecule has 2 N–H and O–H groups in total. The molecule has 0 fully saturated rings. The Morgan fingerprint density at radius 3 is 2.29 bits per heavy atom. The van der Waals surface area contributed by atoms with Crippen molar-refractivity contribution in [3.63, 3.8) is 0 Å². The van der Waals surface area contributed by atoms with Crippen LogP contribution in [-0.2, 0) is 9.05 Å². The summed E-state index contributed by atoms with van der Waals surface area (Å²) in [5.74, 6) is -0.979. The molecule has 4 nitrogen and oxygen atoms in total. The molecule has 0 aliphatic carbocycles. The van der Waals surface area contributed by atoms with E-state index in [0.29, 0.717) is 6.07 Å². The second-order valence-corrected chi connectivity index (χ2v) is 6.19. The van der Waals surface area contributed by atoms with Gasteiger partial charge in [0.25, 0.3) is 9.05 Å². The van der Waals surface area contributed by atoms with Crippen molar-refractivity contribution in [1.29, 1.82) is 0 Å². The summed E-state index contributed by atoms with van der Waals surface area (Å²) in [7, 11) is 0.597. The molecule has 1 aromatic rings. The lowest BCUT2D eigenvalue weighted by Gasteiger charge is -2.13. The maximum atomic E-state index is 12.0. The predicted molar refractivity (Wildman–Crippen MR) is 58.3 cm³/mol. The van der Waals surface area contributed by atoms with Crippen LogP contribution >= 0.6 is 26.6 Å². The first-order chi connectivity index (χ1) is 7.50. The van der Waals surface area contributed by atoms with Crippen LogP contribution < -0.4 is 10.5 Å². The second kappa shape index (κ2) is 4.54. The van der Waals surface area contributed by atoms with Crippen molar-refractivity contribution in [2.75, 3.05) is 5.73 Å². The van der Waals surface area contributed by atoms with E-state index in [2.05, 4.69) is 20.7 Å². The van der Waals surface area contributed by atoms with Crippen molar-refractivity contribution in [2.24, 2.45) is 0 Å². The summed E-state index contributed by atoms with van der Waals surface area (Å²) < 4.78 is 61.8. The van der Waals surface area contributed by atoms with E-state index in [1.807, 2.05) is 0 Å². The average Bonchev–Trinajstić information content (AvgIpc) is 2.06. The molecule has 96 valence electrons. The van der Waals surface area contributed by atoms with Crippen LogP contribution in [0.3, 0.4) is 0 Å². The largest absolute Gasteiger partial charge is 0.573 e. The van der Waals surface area contributed by atoms with Gasteiger partial charge in [-0.2, -0.15) is 0 Å². The van der Waals surface area contributed by atoms with Crippen molar-refractivity contribution in [3.05, 3.63) is 16.6 Å². The summed E-state index contributed by atoms with van der Waals surface area (Å²) in [5, 5.41) is 0.